The monoisotopic (exact) mass is 436 g/mol. The van der Waals surface area contributed by atoms with Gasteiger partial charge in [-0.15, -0.1) is 0 Å². The molecule has 0 aliphatic carbocycles. The molecular formula is C19H20N2O8S. The van der Waals surface area contributed by atoms with Gasteiger partial charge in [-0.1, -0.05) is 0 Å². The number of benzene rings is 2. The first kappa shape index (κ1) is 22.7. The molecule has 2 rings (SSSR count). The maximum atomic E-state index is 13.0. The number of carbonyl (C=O) groups excluding carboxylic acids is 3. The maximum absolute atomic E-state index is 13.0. The van der Waals surface area contributed by atoms with Crippen LogP contribution in [0, 0.1) is 0 Å². The van der Waals surface area contributed by atoms with Crippen LogP contribution in [0.4, 0.5) is 5.69 Å². The van der Waals surface area contributed by atoms with Gasteiger partial charge in [-0.2, -0.15) is 0 Å². The zero-order chi connectivity index (χ0) is 22.5. The SMILES string of the molecule is CNC(=O)c1cc(OC)ccc1NS(=O)(=O)c1cc(C(=O)OC)cc(C(=O)OC)c1. The van der Waals surface area contributed by atoms with E-state index >= 15 is 0 Å². The first-order chi connectivity index (χ1) is 14.2. The highest BCUT2D eigenvalue weighted by Crippen LogP contribution is 2.26. The topological polar surface area (TPSA) is 137 Å². The molecule has 2 aromatic rings. The molecule has 0 saturated carbocycles. The van der Waals surface area contributed by atoms with Crippen molar-refractivity contribution in [3.05, 3.63) is 53.1 Å². The number of hydrogen-bond acceptors (Lipinski definition) is 8. The quantitative estimate of drug-likeness (QED) is 0.622. The van der Waals surface area contributed by atoms with E-state index in [1.54, 1.807) is 0 Å². The van der Waals surface area contributed by atoms with Gasteiger partial charge in [-0.05, 0) is 36.4 Å². The predicted molar refractivity (Wildman–Crippen MR) is 106 cm³/mol. The molecule has 1 amide bonds. The molecule has 160 valence electrons. The van der Waals surface area contributed by atoms with Crippen LogP contribution in [-0.2, 0) is 19.5 Å². The lowest BCUT2D eigenvalue weighted by atomic mass is 10.1. The normalized spacial score (nSPS) is 10.7. The molecule has 0 heterocycles. The molecule has 2 aromatic carbocycles. The third-order valence-corrected chi connectivity index (χ3v) is 5.35. The van der Waals surface area contributed by atoms with Crippen molar-refractivity contribution in [3.8, 4) is 5.75 Å². The van der Waals surface area contributed by atoms with E-state index in [9.17, 15) is 22.8 Å². The van der Waals surface area contributed by atoms with Crippen LogP contribution in [0.1, 0.15) is 31.1 Å². The minimum atomic E-state index is -4.31. The third-order valence-electron chi connectivity index (χ3n) is 4.00. The molecule has 10 nitrogen and oxygen atoms in total. The minimum Gasteiger partial charge on any atom is -0.497 e. The van der Waals surface area contributed by atoms with Crippen molar-refractivity contribution >= 4 is 33.6 Å². The van der Waals surface area contributed by atoms with Gasteiger partial charge >= 0.3 is 11.9 Å². The van der Waals surface area contributed by atoms with Gasteiger partial charge in [0.15, 0.2) is 0 Å². The highest BCUT2D eigenvalue weighted by Gasteiger charge is 2.23. The molecule has 30 heavy (non-hydrogen) atoms. The summed E-state index contributed by atoms with van der Waals surface area (Å²) in [6, 6.07) is 7.43. The smallest absolute Gasteiger partial charge is 0.337 e. The Labute approximate surface area is 173 Å². The van der Waals surface area contributed by atoms with Crippen molar-refractivity contribution in [1.29, 1.82) is 0 Å². The average Bonchev–Trinajstić information content (AvgIpc) is 2.76. The van der Waals surface area contributed by atoms with E-state index in [0.29, 0.717) is 5.75 Å². The van der Waals surface area contributed by atoms with Crippen LogP contribution in [-0.4, -0.2) is 54.6 Å². The minimum absolute atomic E-state index is 0.0118. The van der Waals surface area contributed by atoms with E-state index in [2.05, 4.69) is 19.5 Å². The van der Waals surface area contributed by atoms with Crippen LogP contribution in [0.5, 0.6) is 5.75 Å². The Balaban J connectivity index is 2.58. The zero-order valence-electron chi connectivity index (χ0n) is 16.6. The average molecular weight is 436 g/mol. The van der Waals surface area contributed by atoms with Gasteiger partial charge in [0.2, 0.25) is 0 Å². The Morgan fingerprint density at radius 1 is 0.867 bits per heavy atom. The van der Waals surface area contributed by atoms with Crippen LogP contribution in [0.15, 0.2) is 41.3 Å². The van der Waals surface area contributed by atoms with Crippen molar-refractivity contribution < 1.29 is 37.0 Å². The number of anilines is 1. The fourth-order valence-corrected chi connectivity index (χ4v) is 3.64. The molecule has 2 N–H and O–H groups in total. The summed E-state index contributed by atoms with van der Waals surface area (Å²) in [6.45, 7) is 0. The van der Waals surface area contributed by atoms with Gasteiger partial charge in [-0.25, -0.2) is 18.0 Å². The second-order valence-electron chi connectivity index (χ2n) is 5.83. The van der Waals surface area contributed by atoms with Gasteiger partial charge in [0, 0.05) is 7.05 Å². The maximum Gasteiger partial charge on any atom is 0.337 e. The molecule has 0 spiro atoms. The summed E-state index contributed by atoms with van der Waals surface area (Å²) in [5.41, 5.74) is -0.347. The summed E-state index contributed by atoms with van der Waals surface area (Å²) in [7, 11) is 0.717. The van der Waals surface area contributed by atoms with E-state index in [1.165, 1.54) is 32.4 Å². The van der Waals surface area contributed by atoms with Crippen LogP contribution < -0.4 is 14.8 Å². The third kappa shape index (κ3) is 4.87. The predicted octanol–water partition coefficient (Wildman–Crippen LogP) is 1.43. The van der Waals surface area contributed by atoms with Gasteiger partial charge in [0.05, 0.1) is 48.6 Å². The van der Waals surface area contributed by atoms with E-state index in [-0.39, 0.29) is 22.4 Å². The highest BCUT2D eigenvalue weighted by atomic mass is 32.2. The number of methoxy groups -OCH3 is 3. The Morgan fingerprint density at radius 2 is 1.43 bits per heavy atom. The van der Waals surface area contributed by atoms with Crippen molar-refractivity contribution in [2.75, 3.05) is 33.1 Å². The van der Waals surface area contributed by atoms with E-state index < -0.39 is 32.8 Å². The summed E-state index contributed by atoms with van der Waals surface area (Å²) >= 11 is 0. The molecule has 0 aromatic heterocycles. The summed E-state index contributed by atoms with van der Waals surface area (Å²) in [5, 5.41) is 2.41. The lowest BCUT2D eigenvalue weighted by Crippen LogP contribution is -2.22. The summed E-state index contributed by atoms with van der Waals surface area (Å²) in [4.78, 5) is 35.6. The molecule has 0 unspecified atom stereocenters. The van der Waals surface area contributed by atoms with Crippen molar-refractivity contribution in [1.82, 2.24) is 5.32 Å². The van der Waals surface area contributed by atoms with E-state index in [0.717, 1.165) is 32.4 Å². The highest BCUT2D eigenvalue weighted by molar-refractivity contribution is 7.92. The number of rotatable bonds is 7. The standard InChI is InChI=1S/C19H20N2O8S/c1-20-17(22)15-10-13(27-2)5-6-16(15)21-30(25,26)14-8-11(18(23)28-3)7-12(9-14)19(24)29-4/h5-10,21H,1-4H3,(H,20,22). The number of amides is 1. The Kier molecular flexibility index (Phi) is 7.01. The van der Waals surface area contributed by atoms with Crippen LogP contribution in [0.25, 0.3) is 0 Å². The molecule has 0 radical (unpaired) electrons. The molecule has 0 aliphatic heterocycles. The second kappa shape index (κ2) is 9.27. The number of sulfonamides is 1. The van der Waals surface area contributed by atoms with Crippen molar-refractivity contribution in [2.24, 2.45) is 0 Å². The Morgan fingerprint density at radius 3 is 1.90 bits per heavy atom. The number of hydrogen-bond donors (Lipinski definition) is 2. The zero-order valence-corrected chi connectivity index (χ0v) is 17.5. The number of esters is 2. The summed E-state index contributed by atoms with van der Waals surface area (Å²) < 4.78 is 42.5. The molecular weight excluding hydrogens is 416 g/mol. The van der Waals surface area contributed by atoms with Gasteiger partial charge in [0.1, 0.15) is 5.75 Å². The van der Waals surface area contributed by atoms with Crippen LogP contribution >= 0.6 is 0 Å². The molecule has 0 fully saturated rings. The Hall–Kier alpha value is -3.60. The first-order valence-corrected chi connectivity index (χ1v) is 9.89. The molecule has 11 heteroatoms. The molecule has 0 saturated heterocycles. The Bertz CT molecular complexity index is 1060. The van der Waals surface area contributed by atoms with Crippen LogP contribution in [0.2, 0.25) is 0 Å². The second-order valence-corrected chi connectivity index (χ2v) is 7.51. The molecule has 0 aliphatic rings. The lowest BCUT2D eigenvalue weighted by Gasteiger charge is -2.14. The number of ether oxygens (including phenoxy) is 3. The largest absolute Gasteiger partial charge is 0.497 e. The van der Waals surface area contributed by atoms with Crippen LogP contribution in [0.3, 0.4) is 0 Å². The van der Waals surface area contributed by atoms with E-state index in [4.69, 9.17) is 4.74 Å². The fraction of sp³-hybridized carbons (Fsp3) is 0.211. The summed E-state index contributed by atoms with van der Waals surface area (Å²) in [6.07, 6.45) is 0. The lowest BCUT2D eigenvalue weighted by molar-refractivity contribution is 0.0598. The van der Waals surface area contributed by atoms with Gasteiger partial charge < -0.3 is 19.5 Å². The number of nitrogens with one attached hydrogen (secondary N) is 2. The molecule has 0 bridgehead atoms. The summed E-state index contributed by atoms with van der Waals surface area (Å²) in [5.74, 6) is -1.89. The van der Waals surface area contributed by atoms with Crippen molar-refractivity contribution in [3.63, 3.8) is 0 Å². The van der Waals surface area contributed by atoms with Gasteiger partial charge in [-0.3, -0.25) is 9.52 Å². The molecule has 0 atom stereocenters. The van der Waals surface area contributed by atoms with Gasteiger partial charge in [0.25, 0.3) is 15.9 Å². The van der Waals surface area contributed by atoms with E-state index in [1.807, 2.05) is 0 Å². The first-order valence-electron chi connectivity index (χ1n) is 8.41. The number of carbonyl (C=O) groups is 3. The van der Waals surface area contributed by atoms with Crippen molar-refractivity contribution in [2.45, 2.75) is 4.90 Å². The fourth-order valence-electron chi connectivity index (χ4n) is 2.49.